The van der Waals surface area contributed by atoms with Gasteiger partial charge in [0.2, 0.25) is 0 Å². The number of thioether (sulfide) groups is 1. The molecule has 0 amide bonds. The third-order valence-corrected chi connectivity index (χ3v) is 4.59. The zero-order chi connectivity index (χ0) is 13.2. The summed E-state index contributed by atoms with van der Waals surface area (Å²) in [5, 5.41) is 1.30. The van der Waals surface area contributed by atoms with Crippen LogP contribution >= 0.6 is 11.8 Å². The van der Waals surface area contributed by atoms with Gasteiger partial charge >= 0.3 is 0 Å². The van der Waals surface area contributed by atoms with Crippen LogP contribution in [0, 0.1) is 0 Å². The van der Waals surface area contributed by atoms with Gasteiger partial charge in [-0.3, -0.25) is 0 Å². The quantitative estimate of drug-likeness (QED) is 0.686. The molecule has 0 bridgehead atoms. The molecule has 3 nitrogen and oxygen atoms in total. The molecule has 2 N–H and O–H groups in total. The van der Waals surface area contributed by atoms with Crippen LogP contribution in [0.5, 0.6) is 0 Å². The van der Waals surface area contributed by atoms with E-state index in [9.17, 15) is 0 Å². The van der Waals surface area contributed by atoms with Crippen molar-refractivity contribution in [1.29, 1.82) is 0 Å². The number of hydrogen-bond donors (Lipinski definition) is 1. The van der Waals surface area contributed by atoms with Gasteiger partial charge in [0.1, 0.15) is 0 Å². The summed E-state index contributed by atoms with van der Waals surface area (Å²) in [7, 11) is 0. The lowest BCUT2D eigenvalue weighted by Crippen LogP contribution is -2.09. The summed E-state index contributed by atoms with van der Waals surface area (Å²) in [5.41, 5.74) is 8.08. The van der Waals surface area contributed by atoms with Crippen LogP contribution in [0.2, 0.25) is 0 Å². The number of fused-ring (bicyclic) bond motifs is 1. The van der Waals surface area contributed by atoms with E-state index in [0.717, 1.165) is 25.3 Å². The molecule has 3 rings (SSSR count). The van der Waals surface area contributed by atoms with E-state index in [2.05, 4.69) is 35.2 Å². The number of benzene rings is 1. The van der Waals surface area contributed by atoms with Crippen LogP contribution in [0.3, 0.4) is 0 Å². The second-order valence-electron chi connectivity index (χ2n) is 5.09. The van der Waals surface area contributed by atoms with Crippen molar-refractivity contribution in [3.8, 4) is 0 Å². The fourth-order valence-corrected chi connectivity index (χ4v) is 3.45. The standard InChI is InChI=1S/C15H20N2OS/c1-19-15-10-11(16)9-14-13(15)5-7-17(14)6-4-12-3-2-8-18-12/h5,7,9-10,12H,2-4,6,8,16H2,1H3. The Hall–Kier alpha value is -1.13. The minimum atomic E-state index is 0.443. The average molecular weight is 276 g/mol. The number of nitrogens with two attached hydrogens (primary N) is 1. The van der Waals surface area contributed by atoms with Crippen molar-refractivity contribution in [1.82, 2.24) is 4.57 Å². The van der Waals surface area contributed by atoms with Crippen LogP contribution in [-0.4, -0.2) is 23.5 Å². The van der Waals surface area contributed by atoms with E-state index in [4.69, 9.17) is 10.5 Å². The van der Waals surface area contributed by atoms with E-state index in [1.54, 1.807) is 11.8 Å². The number of rotatable bonds is 4. The second kappa shape index (κ2) is 5.47. The summed E-state index contributed by atoms with van der Waals surface area (Å²) in [6, 6.07) is 6.32. The van der Waals surface area contributed by atoms with Gasteiger partial charge in [-0.15, -0.1) is 11.8 Å². The summed E-state index contributed by atoms with van der Waals surface area (Å²) >= 11 is 1.75. The van der Waals surface area contributed by atoms with Gasteiger partial charge in [0.05, 0.1) is 11.6 Å². The van der Waals surface area contributed by atoms with Crippen molar-refractivity contribution >= 4 is 28.4 Å². The van der Waals surface area contributed by atoms with Crippen molar-refractivity contribution in [2.24, 2.45) is 0 Å². The first-order valence-electron chi connectivity index (χ1n) is 6.82. The minimum absolute atomic E-state index is 0.443. The fourth-order valence-electron chi connectivity index (χ4n) is 2.80. The Balaban J connectivity index is 1.85. The Morgan fingerprint density at radius 1 is 1.47 bits per heavy atom. The minimum Gasteiger partial charge on any atom is -0.399 e. The van der Waals surface area contributed by atoms with Crippen LogP contribution in [0.1, 0.15) is 19.3 Å². The smallest absolute Gasteiger partial charge is 0.0593 e. The van der Waals surface area contributed by atoms with E-state index in [-0.39, 0.29) is 0 Å². The molecule has 1 fully saturated rings. The molecule has 0 aliphatic carbocycles. The molecular weight excluding hydrogens is 256 g/mol. The van der Waals surface area contributed by atoms with E-state index in [0.29, 0.717) is 6.10 Å². The highest BCUT2D eigenvalue weighted by molar-refractivity contribution is 7.98. The molecule has 1 aliphatic heterocycles. The van der Waals surface area contributed by atoms with Crippen LogP contribution in [0.4, 0.5) is 5.69 Å². The third kappa shape index (κ3) is 2.60. The maximum atomic E-state index is 6.00. The van der Waals surface area contributed by atoms with E-state index < -0.39 is 0 Å². The predicted octanol–water partition coefficient (Wildman–Crippen LogP) is 3.51. The molecule has 0 spiro atoms. The number of aromatic nitrogens is 1. The normalized spacial score (nSPS) is 19.3. The maximum absolute atomic E-state index is 6.00. The van der Waals surface area contributed by atoms with E-state index in [1.165, 1.54) is 28.6 Å². The lowest BCUT2D eigenvalue weighted by atomic mass is 10.2. The predicted molar refractivity (Wildman–Crippen MR) is 81.7 cm³/mol. The van der Waals surface area contributed by atoms with Crippen LogP contribution in [0.15, 0.2) is 29.3 Å². The summed E-state index contributed by atoms with van der Waals surface area (Å²) in [4.78, 5) is 1.26. The molecule has 1 aromatic heterocycles. The Kier molecular flexibility index (Phi) is 3.71. The molecule has 1 atom stereocenters. The fraction of sp³-hybridized carbons (Fsp3) is 0.467. The summed E-state index contributed by atoms with van der Waals surface area (Å²) in [6.45, 7) is 1.94. The lowest BCUT2D eigenvalue weighted by molar-refractivity contribution is 0.101. The van der Waals surface area contributed by atoms with Gasteiger partial charge in [-0.25, -0.2) is 0 Å². The van der Waals surface area contributed by atoms with Gasteiger partial charge in [-0.05, 0) is 43.7 Å². The highest BCUT2D eigenvalue weighted by atomic mass is 32.2. The van der Waals surface area contributed by atoms with Crippen molar-refractivity contribution in [3.63, 3.8) is 0 Å². The van der Waals surface area contributed by atoms with Crippen molar-refractivity contribution in [2.45, 2.75) is 36.8 Å². The third-order valence-electron chi connectivity index (χ3n) is 3.81. The molecule has 4 heteroatoms. The van der Waals surface area contributed by atoms with Crippen molar-refractivity contribution in [2.75, 3.05) is 18.6 Å². The highest BCUT2D eigenvalue weighted by Gasteiger charge is 2.15. The molecule has 1 unspecified atom stereocenters. The molecule has 102 valence electrons. The largest absolute Gasteiger partial charge is 0.399 e. The van der Waals surface area contributed by atoms with Crippen molar-refractivity contribution < 1.29 is 4.74 Å². The number of hydrogen-bond acceptors (Lipinski definition) is 3. The number of aryl methyl sites for hydroxylation is 1. The van der Waals surface area contributed by atoms with Gasteiger partial charge in [0, 0.05) is 35.3 Å². The van der Waals surface area contributed by atoms with Crippen LogP contribution < -0.4 is 5.73 Å². The second-order valence-corrected chi connectivity index (χ2v) is 5.94. The highest BCUT2D eigenvalue weighted by Crippen LogP contribution is 2.30. The molecule has 19 heavy (non-hydrogen) atoms. The molecule has 1 aliphatic rings. The monoisotopic (exact) mass is 276 g/mol. The molecule has 0 saturated carbocycles. The molecule has 1 aromatic carbocycles. The zero-order valence-electron chi connectivity index (χ0n) is 11.3. The number of nitrogens with zero attached hydrogens (tertiary/aromatic N) is 1. The van der Waals surface area contributed by atoms with Crippen molar-refractivity contribution in [3.05, 3.63) is 24.4 Å². The first-order valence-corrected chi connectivity index (χ1v) is 8.04. The number of ether oxygens (including phenoxy) is 1. The number of anilines is 1. The Morgan fingerprint density at radius 3 is 3.11 bits per heavy atom. The maximum Gasteiger partial charge on any atom is 0.0593 e. The summed E-state index contributed by atoms with van der Waals surface area (Å²) < 4.78 is 7.99. The van der Waals surface area contributed by atoms with Gasteiger partial charge in [0.15, 0.2) is 0 Å². The zero-order valence-corrected chi connectivity index (χ0v) is 12.1. The molecular formula is C15H20N2OS. The number of nitrogen functional groups attached to an aromatic ring is 1. The van der Waals surface area contributed by atoms with Gasteiger partial charge in [-0.2, -0.15) is 0 Å². The summed E-state index contributed by atoms with van der Waals surface area (Å²) in [5.74, 6) is 0. The van der Waals surface area contributed by atoms with Gasteiger partial charge in [-0.1, -0.05) is 0 Å². The van der Waals surface area contributed by atoms with E-state index >= 15 is 0 Å². The molecule has 2 aromatic rings. The molecule has 1 saturated heterocycles. The first-order chi connectivity index (χ1) is 9.28. The van der Waals surface area contributed by atoms with Gasteiger partial charge < -0.3 is 15.0 Å². The Labute approximate surface area is 118 Å². The van der Waals surface area contributed by atoms with Gasteiger partial charge in [0.25, 0.3) is 0 Å². The van der Waals surface area contributed by atoms with Crippen LogP contribution in [-0.2, 0) is 11.3 Å². The lowest BCUT2D eigenvalue weighted by Gasteiger charge is -2.11. The van der Waals surface area contributed by atoms with E-state index in [1.807, 2.05) is 0 Å². The first kappa shape index (κ1) is 12.9. The topological polar surface area (TPSA) is 40.2 Å². The SMILES string of the molecule is CSc1cc(N)cc2c1ccn2CCC1CCCO1. The Bertz CT molecular complexity index is 573. The molecule has 2 heterocycles. The summed E-state index contributed by atoms with van der Waals surface area (Å²) in [6.07, 6.45) is 8.21. The average Bonchev–Trinajstić information content (AvgIpc) is 3.04. The van der Waals surface area contributed by atoms with Crippen LogP contribution in [0.25, 0.3) is 10.9 Å². The molecule has 0 radical (unpaired) electrons. The Morgan fingerprint density at radius 2 is 2.37 bits per heavy atom.